The number of rotatable bonds is 8. The lowest BCUT2D eigenvalue weighted by Crippen LogP contribution is -2.38. The van der Waals surface area contributed by atoms with Crippen LogP contribution in [0.2, 0.25) is 0 Å². The first-order valence-corrected chi connectivity index (χ1v) is 10.7. The highest BCUT2D eigenvalue weighted by Gasteiger charge is 2.16. The number of pyridine rings is 1. The van der Waals surface area contributed by atoms with Crippen molar-refractivity contribution < 1.29 is 18.6 Å². The minimum Gasteiger partial charge on any atom is -0.496 e. The van der Waals surface area contributed by atoms with Crippen LogP contribution >= 0.6 is 0 Å². The van der Waals surface area contributed by atoms with Gasteiger partial charge in [0.1, 0.15) is 30.1 Å². The number of anilines is 1. The Labute approximate surface area is 182 Å². The average molecular weight is 427 g/mol. The van der Waals surface area contributed by atoms with Gasteiger partial charge in [-0.2, -0.15) is 4.98 Å². The first kappa shape index (κ1) is 21.4. The van der Waals surface area contributed by atoms with Crippen molar-refractivity contribution >= 4 is 16.9 Å². The number of ether oxygens (including phenoxy) is 3. The summed E-state index contributed by atoms with van der Waals surface area (Å²) in [5.74, 6) is 1.57. The lowest BCUT2D eigenvalue weighted by Gasteiger charge is -2.26. The van der Waals surface area contributed by atoms with E-state index in [9.17, 15) is 0 Å². The van der Waals surface area contributed by atoms with Crippen molar-refractivity contribution in [3.05, 3.63) is 30.0 Å². The molecule has 8 nitrogen and oxygen atoms in total. The van der Waals surface area contributed by atoms with Gasteiger partial charge in [0.2, 0.25) is 0 Å². The van der Waals surface area contributed by atoms with Crippen molar-refractivity contribution in [1.29, 1.82) is 0 Å². The summed E-state index contributed by atoms with van der Waals surface area (Å²) in [6, 6.07) is 6.57. The lowest BCUT2D eigenvalue weighted by molar-refractivity contribution is 0.0322. The summed E-state index contributed by atoms with van der Waals surface area (Å²) in [4.78, 5) is 11.7. The SMILES string of the molecule is COc1cc(-c2coc(NC(C)C)n2)nc2c(C)c(OCCN3CCOCC3)ccc12. The Morgan fingerprint density at radius 3 is 2.68 bits per heavy atom. The summed E-state index contributed by atoms with van der Waals surface area (Å²) in [5, 5.41) is 4.10. The van der Waals surface area contributed by atoms with Crippen molar-refractivity contribution in [2.24, 2.45) is 0 Å². The van der Waals surface area contributed by atoms with Crippen LogP contribution in [0.5, 0.6) is 11.5 Å². The Bertz CT molecular complexity index is 1030. The second kappa shape index (κ2) is 9.53. The fourth-order valence-electron chi connectivity index (χ4n) is 3.65. The predicted molar refractivity (Wildman–Crippen MR) is 120 cm³/mol. The van der Waals surface area contributed by atoms with Crippen molar-refractivity contribution in [3.63, 3.8) is 0 Å². The molecule has 0 bridgehead atoms. The summed E-state index contributed by atoms with van der Waals surface area (Å²) in [6.07, 6.45) is 1.61. The molecule has 8 heteroatoms. The highest BCUT2D eigenvalue weighted by Crippen LogP contribution is 2.35. The van der Waals surface area contributed by atoms with E-state index < -0.39 is 0 Å². The number of aryl methyl sites for hydroxylation is 1. The second-order valence-electron chi connectivity index (χ2n) is 7.93. The summed E-state index contributed by atoms with van der Waals surface area (Å²) in [5.41, 5.74) is 3.16. The van der Waals surface area contributed by atoms with Gasteiger partial charge in [-0.25, -0.2) is 4.98 Å². The molecule has 166 valence electrons. The van der Waals surface area contributed by atoms with Crippen molar-refractivity contribution in [2.75, 3.05) is 51.9 Å². The van der Waals surface area contributed by atoms with Gasteiger partial charge in [0.25, 0.3) is 6.01 Å². The van der Waals surface area contributed by atoms with E-state index in [4.69, 9.17) is 23.6 Å². The zero-order valence-corrected chi connectivity index (χ0v) is 18.6. The molecule has 0 atom stereocenters. The standard InChI is InChI=1S/C23H30N4O4/c1-15(2)24-23-26-19(14-31-23)18-13-21(28-4)17-5-6-20(16(3)22(17)25-18)30-12-9-27-7-10-29-11-8-27/h5-6,13-15H,7-12H2,1-4H3,(H,24,26). The highest BCUT2D eigenvalue weighted by molar-refractivity contribution is 5.91. The van der Waals surface area contributed by atoms with Gasteiger partial charge in [-0.1, -0.05) is 0 Å². The maximum Gasteiger partial charge on any atom is 0.295 e. The van der Waals surface area contributed by atoms with Gasteiger partial charge in [-0.15, -0.1) is 0 Å². The molecule has 0 spiro atoms. The number of nitrogens with zero attached hydrogens (tertiary/aromatic N) is 3. The Hall–Kier alpha value is -2.84. The second-order valence-corrected chi connectivity index (χ2v) is 7.93. The van der Waals surface area contributed by atoms with Gasteiger partial charge in [-0.05, 0) is 32.9 Å². The molecule has 0 saturated carbocycles. The minimum absolute atomic E-state index is 0.227. The first-order valence-electron chi connectivity index (χ1n) is 10.7. The van der Waals surface area contributed by atoms with Crippen LogP contribution in [0, 0.1) is 6.92 Å². The molecule has 31 heavy (non-hydrogen) atoms. The molecule has 3 aromatic rings. The minimum atomic E-state index is 0.227. The van der Waals surface area contributed by atoms with Gasteiger partial charge in [-0.3, -0.25) is 4.90 Å². The molecule has 1 aliphatic heterocycles. The number of benzene rings is 1. The van der Waals surface area contributed by atoms with Crippen LogP contribution in [0.4, 0.5) is 6.01 Å². The third-order valence-corrected chi connectivity index (χ3v) is 5.31. The van der Waals surface area contributed by atoms with Crippen LogP contribution < -0.4 is 14.8 Å². The van der Waals surface area contributed by atoms with Gasteiger partial charge in [0.15, 0.2) is 0 Å². The van der Waals surface area contributed by atoms with Crippen LogP contribution in [0.3, 0.4) is 0 Å². The zero-order valence-electron chi connectivity index (χ0n) is 18.6. The number of oxazole rings is 1. The van der Waals surface area contributed by atoms with Gasteiger partial charge >= 0.3 is 0 Å². The van der Waals surface area contributed by atoms with Crippen LogP contribution in [-0.4, -0.2) is 67.5 Å². The van der Waals surface area contributed by atoms with Crippen molar-refractivity contribution in [2.45, 2.75) is 26.8 Å². The van der Waals surface area contributed by atoms with Crippen molar-refractivity contribution in [1.82, 2.24) is 14.9 Å². The predicted octanol–water partition coefficient (Wildman–Crippen LogP) is 3.74. The monoisotopic (exact) mass is 426 g/mol. The maximum absolute atomic E-state index is 6.11. The molecule has 1 aromatic carbocycles. The highest BCUT2D eigenvalue weighted by atomic mass is 16.5. The average Bonchev–Trinajstić information content (AvgIpc) is 3.23. The molecular weight excluding hydrogens is 396 g/mol. The Balaban J connectivity index is 1.59. The molecule has 0 aliphatic carbocycles. The molecule has 1 aliphatic rings. The quantitative estimate of drug-likeness (QED) is 0.583. The number of morpholine rings is 1. The number of aromatic nitrogens is 2. The number of methoxy groups -OCH3 is 1. The Kier molecular flexibility index (Phi) is 6.58. The summed E-state index contributed by atoms with van der Waals surface area (Å²) in [7, 11) is 1.66. The lowest BCUT2D eigenvalue weighted by atomic mass is 10.1. The molecule has 1 saturated heterocycles. The molecule has 0 amide bonds. The summed E-state index contributed by atoms with van der Waals surface area (Å²) < 4.78 is 22.7. The topological polar surface area (TPSA) is 81.9 Å². The van der Waals surface area contributed by atoms with Gasteiger partial charge in [0.05, 0.1) is 31.5 Å². The molecular formula is C23H30N4O4. The number of hydrogen-bond donors (Lipinski definition) is 1. The maximum atomic E-state index is 6.11. The molecule has 0 radical (unpaired) electrons. The molecule has 3 heterocycles. The number of hydrogen-bond acceptors (Lipinski definition) is 8. The molecule has 2 aromatic heterocycles. The molecule has 1 fully saturated rings. The summed E-state index contributed by atoms with van der Waals surface area (Å²) in [6.45, 7) is 11.1. The van der Waals surface area contributed by atoms with Crippen molar-refractivity contribution in [3.8, 4) is 22.9 Å². The van der Waals surface area contributed by atoms with Crippen LogP contribution in [0.1, 0.15) is 19.4 Å². The Morgan fingerprint density at radius 2 is 1.94 bits per heavy atom. The molecule has 0 unspecified atom stereocenters. The van der Waals surface area contributed by atoms with E-state index in [0.717, 1.165) is 60.8 Å². The van der Waals surface area contributed by atoms with E-state index in [2.05, 4.69) is 15.2 Å². The molecule has 1 N–H and O–H groups in total. The third kappa shape index (κ3) is 4.91. The van der Waals surface area contributed by atoms with E-state index >= 15 is 0 Å². The van der Waals surface area contributed by atoms with Crippen LogP contribution in [0.25, 0.3) is 22.3 Å². The van der Waals surface area contributed by atoms with E-state index in [0.29, 0.717) is 24.0 Å². The fourth-order valence-corrected chi connectivity index (χ4v) is 3.65. The third-order valence-electron chi connectivity index (χ3n) is 5.31. The van der Waals surface area contributed by atoms with Crippen LogP contribution in [-0.2, 0) is 4.74 Å². The van der Waals surface area contributed by atoms with E-state index in [1.807, 2.05) is 39.0 Å². The van der Waals surface area contributed by atoms with Gasteiger partial charge < -0.3 is 23.9 Å². The van der Waals surface area contributed by atoms with Gasteiger partial charge in [0, 0.05) is 42.7 Å². The molecule has 4 rings (SSSR count). The van der Waals surface area contributed by atoms with E-state index in [1.165, 1.54) is 0 Å². The largest absolute Gasteiger partial charge is 0.496 e. The van der Waals surface area contributed by atoms with E-state index in [1.54, 1.807) is 13.4 Å². The Morgan fingerprint density at radius 1 is 1.13 bits per heavy atom. The number of nitrogens with one attached hydrogen (secondary N) is 1. The first-order chi connectivity index (χ1) is 15.0. The summed E-state index contributed by atoms with van der Waals surface area (Å²) >= 11 is 0. The number of fused-ring (bicyclic) bond motifs is 1. The van der Waals surface area contributed by atoms with E-state index in [-0.39, 0.29) is 6.04 Å². The fraction of sp³-hybridized carbons (Fsp3) is 0.478. The zero-order chi connectivity index (χ0) is 21.8. The smallest absolute Gasteiger partial charge is 0.295 e. The van der Waals surface area contributed by atoms with Crippen LogP contribution in [0.15, 0.2) is 28.9 Å². The normalized spacial score (nSPS) is 14.9.